The van der Waals surface area contributed by atoms with Crippen molar-refractivity contribution in [1.29, 1.82) is 0 Å². The number of nitrogen functional groups attached to an aromatic ring is 1. The summed E-state index contributed by atoms with van der Waals surface area (Å²) < 4.78 is 5.31. The summed E-state index contributed by atoms with van der Waals surface area (Å²) in [6.45, 7) is 4.18. The van der Waals surface area contributed by atoms with Gasteiger partial charge in [0.05, 0.1) is 12.0 Å². The molecule has 3 heterocycles. The van der Waals surface area contributed by atoms with E-state index in [0.717, 1.165) is 12.8 Å². The Balaban J connectivity index is 1.90. The average molecular weight is 317 g/mol. The number of carbonyl (C=O) groups excluding carboxylic acids is 2. The van der Waals surface area contributed by atoms with Crippen molar-refractivity contribution in [2.24, 2.45) is 5.41 Å². The third-order valence-electron chi connectivity index (χ3n) is 5.28. The van der Waals surface area contributed by atoms with E-state index in [9.17, 15) is 9.59 Å². The maximum atomic E-state index is 12.9. The summed E-state index contributed by atoms with van der Waals surface area (Å²) >= 11 is 0. The van der Waals surface area contributed by atoms with Crippen LogP contribution in [0.5, 0.6) is 0 Å². The summed E-state index contributed by atoms with van der Waals surface area (Å²) in [5.41, 5.74) is 5.46. The molecule has 23 heavy (non-hydrogen) atoms. The minimum atomic E-state index is -0.574. The van der Waals surface area contributed by atoms with Crippen molar-refractivity contribution in [3.8, 4) is 0 Å². The van der Waals surface area contributed by atoms with Gasteiger partial charge in [-0.2, -0.15) is 0 Å². The minimum absolute atomic E-state index is 0.0834. The highest BCUT2D eigenvalue weighted by molar-refractivity contribution is 5.94. The molecule has 124 valence electrons. The molecule has 0 spiro atoms. The lowest BCUT2D eigenvalue weighted by Crippen LogP contribution is -2.45. The molecule has 3 atom stereocenters. The molecular formula is C17H23N3O3. The van der Waals surface area contributed by atoms with Crippen molar-refractivity contribution in [2.45, 2.75) is 51.6 Å². The van der Waals surface area contributed by atoms with Gasteiger partial charge >= 0.3 is 5.97 Å². The van der Waals surface area contributed by atoms with Crippen LogP contribution >= 0.6 is 0 Å². The van der Waals surface area contributed by atoms with Crippen LogP contribution in [-0.4, -0.2) is 40.5 Å². The standard InChI is InChI=1S/C17H23N3O3/c1-3-17(16(22)23-4-2)10-11-8-9-13(17)20(11)15(21)12-6-5-7-14(18)19-12/h5-7,11,13H,3-4,8-10H2,1-2H3,(H2,18,19)/t11-,13+,17+/m1/s1. The first kappa shape index (κ1) is 15.8. The molecule has 0 aromatic carbocycles. The Hall–Kier alpha value is -2.11. The molecule has 0 saturated carbocycles. The number of fused-ring (bicyclic) bond motifs is 2. The molecule has 1 aromatic rings. The maximum Gasteiger partial charge on any atom is 0.314 e. The van der Waals surface area contributed by atoms with Crippen LogP contribution < -0.4 is 5.73 Å². The molecule has 3 rings (SSSR count). The van der Waals surface area contributed by atoms with Crippen molar-refractivity contribution in [1.82, 2.24) is 9.88 Å². The lowest BCUT2D eigenvalue weighted by molar-refractivity contribution is -0.157. The van der Waals surface area contributed by atoms with Crippen molar-refractivity contribution >= 4 is 17.7 Å². The number of pyridine rings is 1. The highest BCUT2D eigenvalue weighted by atomic mass is 16.5. The van der Waals surface area contributed by atoms with Gasteiger partial charge in [0.2, 0.25) is 0 Å². The van der Waals surface area contributed by atoms with Gasteiger partial charge in [-0.25, -0.2) is 4.98 Å². The summed E-state index contributed by atoms with van der Waals surface area (Å²) in [6.07, 6.45) is 3.13. The number of carbonyl (C=O) groups is 2. The SMILES string of the molecule is CCOC(=O)[C@@]1(CC)C[C@H]2CC[C@@H]1N2C(=O)c1cccc(N)n1. The van der Waals surface area contributed by atoms with E-state index in [4.69, 9.17) is 10.5 Å². The minimum Gasteiger partial charge on any atom is -0.466 e. The summed E-state index contributed by atoms with van der Waals surface area (Å²) in [5.74, 6) is 0.0204. The molecule has 0 unspecified atom stereocenters. The number of amides is 1. The lowest BCUT2D eigenvalue weighted by Gasteiger charge is -2.34. The lowest BCUT2D eigenvalue weighted by atomic mass is 9.72. The van der Waals surface area contributed by atoms with Crippen molar-refractivity contribution in [2.75, 3.05) is 12.3 Å². The monoisotopic (exact) mass is 317 g/mol. The highest BCUT2D eigenvalue weighted by Crippen LogP contribution is 2.52. The fourth-order valence-corrected chi connectivity index (χ4v) is 4.21. The molecular weight excluding hydrogens is 294 g/mol. The van der Waals surface area contributed by atoms with Crippen LogP contribution in [0, 0.1) is 5.41 Å². The molecule has 1 amide bonds. The second-order valence-corrected chi connectivity index (χ2v) is 6.34. The molecule has 2 N–H and O–H groups in total. The van der Waals surface area contributed by atoms with Gasteiger partial charge < -0.3 is 15.4 Å². The maximum absolute atomic E-state index is 12.9. The summed E-state index contributed by atoms with van der Waals surface area (Å²) in [4.78, 5) is 31.4. The normalized spacial score (nSPS) is 28.9. The fourth-order valence-electron chi connectivity index (χ4n) is 4.21. The molecule has 1 aromatic heterocycles. The predicted octanol–water partition coefficient (Wildman–Crippen LogP) is 2.00. The molecule has 2 saturated heterocycles. The topological polar surface area (TPSA) is 85.5 Å². The van der Waals surface area contributed by atoms with E-state index < -0.39 is 5.41 Å². The molecule has 0 aliphatic carbocycles. The Morgan fingerprint density at radius 2 is 2.17 bits per heavy atom. The highest BCUT2D eigenvalue weighted by Gasteiger charge is 2.61. The quantitative estimate of drug-likeness (QED) is 0.858. The van der Waals surface area contributed by atoms with Crippen LogP contribution in [0.3, 0.4) is 0 Å². The molecule has 6 nitrogen and oxygen atoms in total. The van der Waals surface area contributed by atoms with Crippen LogP contribution in [0.25, 0.3) is 0 Å². The van der Waals surface area contributed by atoms with Gasteiger partial charge in [-0.05, 0) is 44.7 Å². The first-order valence-electron chi connectivity index (χ1n) is 8.26. The zero-order chi connectivity index (χ0) is 16.6. The number of ether oxygens (including phenoxy) is 1. The first-order valence-corrected chi connectivity index (χ1v) is 8.26. The van der Waals surface area contributed by atoms with E-state index in [2.05, 4.69) is 4.98 Å². The zero-order valence-corrected chi connectivity index (χ0v) is 13.6. The number of aromatic nitrogens is 1. The van der Waals surface area contributed by atoms with Crippen LogP contribution in [0.2, 0.25) is 0 Å². The van der Waals surface area contributed by atoms with Crippen LogP contribution in [0.1, 0.15) is 50.0 Å². The third-order valence-corrected chi connectivity index (χ3v) is 5.28. The number of hydrogen-bond acceptors (Lipinski definition) is 5. The number of nitrogens with zero attached hydrogens (tertiary/aromatic N) is 2. The van der Waals surface area contributed by atoms with Crippen molar-refractivity contribution < 1.29 is 14.3 Å². The molecule has 2 bridgehead atoms. The Morgan fingerprint density at radius 1 is 1.39 bits per heavy atom. The summed E-state index contributed by atoms with van der Waals surface area (Å²) in [5, 5.41) is 0. The molecule has 6 heteroatoms. The van der Waals surface area contributed by atoms with Crippen LogP contribution in [0.4, 0.5) is 5.82 Å². The number of esters is 1. The van der Waals surface area contributed by atoms with Gasteiger partial charge in [-0.15, -0.1) is 0 Å². The number of nitrogens with two attached hydrogens (primary N) is 1. The second-order valence-electron chi connectivity index (χ2n) is 6.34. The van der Waals surface area contributed by atoms with E-state index in [1.54, 1.807) is 18.2 Å². The number of hydrogen-bond donors (Lipinski definition) is 1. The van der Waals surface area contributed by atoms with Gasteiger partial charge in [-0.3, -0.25) is 9.59 Å². The van der Waals surface area contributed by atoms with Gasteiger partial charge in [0.15, 0.2) is 0 Å². The molecule has 0 radical (unpaired) electrons. The van der Waals surface area contributed by atoms with E-state index in [1.165, 1.54) is 0 Å². The smallest absolute Gasteiger partial charge is 0.314 e. The van der Waals surface area contributed by atoms with Gasteiger partial charge in [0.1, 0.15) is 11.5 Å². The van der Waals surface area contributed by atoms with E-state index >= 15 is 0 Å². The largest absolute Gasteiger partial charge is 0.466 e. The van der Waals surface area contributed by atoms with E-state index in [1.807, 2.05) is 18.7 Å². The van der Waals surface area contributed by atoms with Crippen molar-refractivity contribution in [3.63, 3.8) is 0 Å². The predicted molar refractivity (Wildman–Crippen MR) is 85.6 cm³/mol. The Bertz CT molecular complexity index is 633. The number of anilines is 1. The zero-order valence-electron chi connectivity index (χ0n) is 13.6. The second kappa shape index (κ2) is 5.83. The Labute approximate surface area is 136 Å². The van der Waals surface area contributed by atoms with Crippen LogP contribution in [-0.2, 0) is 9.53 Å². The summed E-state index contributed by atoms with van der Waals surface area (Å²) in [7, 11) is 0. The Morgan fingerprint density at radius 3 is 2.83 bits per heavy atom. The average Bonchev–Trinajstić information content (AvgIpc) is 3.10. The van der Waals surface area contributed by atoms with Gasteiger partial charge in [-0.1, -0.05) is 13.0 Å². The third kappa shape index (κ3) is 2.36. The van der Waals surface area contributed by atoms with E-state index in [0.29, 0.717) is 31.0 Å². The number of rotatable bonds is 4. The molecule has 2 fully saturated rings. The molecule has 2 aliphatic heterocycles. The van der Waals surface area contributed by atoms with Crippen molar-refractivity contribution in [3.05, 3.63) is 23.9 Å². The van der Waals surface area contributed by atoms with Gasteiger partial charge in [0, 0.05) is 12.1 Å². The fraction of sp³-hybridized carbons (Fsp3) is 0.588. The first-order chi connectivity index (χ1) is 11.0. The summed E-state index contributed by atoms with van der Waals surface area (Å²) in [6, 6.07) is 5.04. The van der Waals surface area contributed by atoms with Crippen LogP contribution in [0.15, 0.2) is 18.2 Å². The van der Waals surface area contributed by atoms with E-state index in [-0.39, 0.29) is 24.0 Å². The van der Waals surface area contributed by atoms with Gasteiger partial charge in [0.25, 0.3) is 5.91 Å². The molecule has 2 aliphatic rings. The Kier molecular flexibility index (Phi) is 4.00.